The van der Waals surface area contributed by atoms with Gasteiger partial charge in [-0.05, 0) is 25.0 Å². The molecule has 2 fully saturated rings. The smallest absolute Gasteiger partial charge is 0.362 e. The topological polar surface area (TPSA) is 104 Å². The van der Waals surface area contributed by atoms with Gasteiger partial charge in [0.2, 0.25) is 15.9 Å². The summed E-state index contributed by atoms with van der Waals surface area (Å²) in [6.45, 7) is 1.63. The van der Waals surface area contributed by atoms with Crippen molar-refractivity contribution in [3.05, 3.63) is 33.9 Å². The van der Waals surface area contributed by atoms with Gasteiger partial charge in [0.25, 0.3) is 5.69 Å². The second-order valence-corrected chi connectivity index (χ2v) is 9.69. The number of carbonyl (C=O) groups is 1. The summed E-state index contributed by atoms with van der Waals surface area (Å²) in [6, 6.07) is 2.44. The van der Waals surface area contributed by atoms with Crippen molar-refractivity contribution in [3.8, 4) is 0 Å². The molecule has 1 aromatic carbocycles. The summed E-state index contributed by atoms with van der Waals surface area (Å²) < 4.78 is 63.2. The monoisotopic (exact) mass is 464 g/mol. The Kier molecular flexibility index (Phi) is 6.46. The van der Waals surface area contributed by atoms with Gasteiger partial charge in [-0.2, -0.15) is 13.2 Å². The maximum Gasteiger partial charge on any atom is 0.416 e. The highest BCUT2D eigenvalue weighted by atomic mass is 32.2. The van der Waals surface area contributed by atoms with E-state index in [4.69, 9.17) is 0 Å². The lowest BCUT2D eigenvalue weighted by Crippen LogP contribution is -2.52. The number of rotatable bonds is 4. The zero-order valence-electron chi connectivity index (χ0n) is 16.8. The fraction of sp³-hybridized carbons (Fsp3) is 0.611. The number of piperazine rings is 1. The van der Waals surface area contributed by atoms with Crippen molar-refractivity contribution < 1.29 is 31.3 Å². The number of benzene rings is 1. The van der Waals surface area contributed by atoms with E-state index in [0.29, 0.717) is 18.9 Å². The second-order valence-electron chi connectivity index (χ2n) is 7.71. The number of anilines is 1. The molecule has 172 valence electrons. The fourth-order valence-electron chi connectivity index (χ4n) is 3.97. The van der Waals surface area contributed by atoms with Crippen LogP contribution in [0.3, 0.4) is 0 Å². The van der Waals surface area contributed by atoms with E-state index in [2.05, 4.69) is 0 Å². The number of nitro benzene ring substituents is 1. The van der Waals surface area contributed by atoms with Gasteiger partial charge < -0.3 is 9.80 Å². The summed E-state index contributed by atoms with van der Waals surface area (Å²) >= 11 is 0. The number of sulfonamides is 1. The van der Waals surface area contributed by atoms with Crippen LogP contribution in [0.2, 0.25) is 0 Å². The summed E-state index contributed by atoms with van der Waals surface area (Å²) in [5.41, 5.74) is -1.62. The van der Waals surface area contributed by atoms with Crippen LogP contribution in [0.4, 0.5) is 24.5 Å². The van der Waals surface area contributed by atoms with E-state index in [1.165, 1.54) is 4.31 Å². The van der Waals surface area contributed by atoms with Crippen LogP contribution in [0.1, 0.15) is 18.4 Å². The van der Waals surface area contributed by atoms with Crippen LogP contribution in [-0.4, -0.2) is 74.0 Å². The number of nitro groups is 1. The lowest BCUT2D eigenvalue weighted by atomic mass is 9.96. The maximum absolute atomic E-state index is 12.9. The van der Waals surface area contributed by atoms with Crippen molar-refractivity contribution >= 4 is 27.3 Å². The first-order chi connectivity index (χ1) is 14.4. The SMILES string of the molecule is CS(=O)(=O)N1CCC(C(=O)N2CCN(c3ccc(C(F)(F)F)cc3[N+](=O)[O-])CC2)CC1. The molecule has 0 atom stereocenters. The summed E-state index contributed by atoms with van der Waals surface area (Å²) in [4.78, 5) is 26.5. The highest BCUT2D eigenvalue weighted by Gasteiger charge is 2.36. The van der Waals surface area contributed by atoms with Crippen LogP contribution < -0.4 is 4.90 Å². The average molecular weight is 464 g/mol. The Morgan fingerprint density at radius 3 is 2.16 bits per heavy atom. The number of amides is 1. The van der Waals surface area contributed by atoms with Gasteiger partial charge in [-0.15, -0.1) is 0 Å². The van der Waals surface area contributed by atoms with Gasteiger partial charge >= 0.3 is 6.18 Å². The molecule has 3 rings (SSSR count). The van der Waals surface area contributed by atoms with Gasteiger partial charge in [-0.1, -0.05) is 0 Å². The van der Waals surface area contributed by atoms with E-state index in [1.807, 2.05) is 0 Å². The van der Waals surface area contributed by atoms with Gasteiger partial charge in [0.15, 0.2) is 0 Å². The third-order valence-corrected chi connectivity index (χ3v) is 7.01. The largest absolute Gasteiger partial charge is 0.416 e. The number of hydrogen-bond acceptors (Lipinski definition) is 6. The van der Waals surface area contributed by atoms with Crippen LogP contribution in [0, 0.1) is 16.0 Å². The Morgan fingerprint density at radius 1 is 1.10 bits per heavy atom. The van der Waals surface area contributed by atoms with Crippen molar-refractivity contribution in [2.45, 2.75) is 19.0 Å². The van der Waals surface area contributed by atoms with Crippen molar-refractivity contribution in [2.75, 3.05) is 50.4 Å². The van der Waals surface area contributed by atoms with E-state index in [0.717, 1.165) is 18.4 Å². The molecule has 1 amide bonds. The van der Waals surface area contributed by atoms with Gasteiger partial charge in [0, 0.05) is 51.3 Å². The molecule has 0 aromatic heterocycles. The van der Waals surface area contributed by atoms with E-state index < -0.39 is 32.4 Å². The molecule has 2 saturated heterocycles. The molecule has 1 aromatic rings. The van der Waals surface area contributed by atoms with Crippen LogP contribution in [-0.2, 0) is 21.0 Å². The normalized spacial score (nSPS) is 19.5. The summed E-state index contributed by atoms with van der Waals surface area (Å²) in [6.07, 6.45) is -2.69. The van der Waals surface area contributed by atoms with E-state index in [-0.39, 0.29) is 56.8 Å². The third-order valence-electron chi connectivity index (χ3n) is 5.70. The predicted octanol–water partition coefficient (Wildman–Crippen LogP) is 1.93. The molecule has 0 radical (unpaired) electrons. The Balaban J connectivity index is 1.63. The highest BCUT2D eigenvalue weighted by Crippen LogP contribution is 2.37. The first-order valence-electron chi connectivity index (χ1n) is 9.72. The second kappa shape index (κ2) is 8.61. The van der Waals surface area contributed by atoms with Crippen molar-refractivity contribution in [2.24, 2.45) is 5.92 Å². The molecule has 2 heterocycles. The number of hydrogen-bond donors (Lipinski definition) is 0. The minimum Gasteiger partial charge on any atom is -0.362 e. The Morgan fingerprint density at radius 2 is 1.68 bits per heavy atom. The van der Waals surface area contributed by atoms with Gasteiger partial charge in [-0.3, -0.25) is 14.9 Å². The highest BCUT2D eigenvalue weighted by molar-refractivity contribution is 7.88. The van der Waals surface area contributed by atoms with Crippen molar-refractivity contribution in [1.29, 1.82) is 0 Å². The summed E-state index contributed by atoms with van der Waals surface area (Å²) in [5, 5.41) is 11.3. The first-order valence-corrected chi connectivity index (χ1v) is 11.6. The molecule has 2 aliphatic heterocycles. The molecule has 0 N–H and O–H groups in total. The van der Waals surface area contributed by atoms with Crippen LogP contribution >= 0.6 is 0 Å². The zero-order chi connectivity index (χ0) is 23.0. The quantitative estimate of drug-likeness (QED) is 0.498. The standard InChI is InChI=1S/C18H23F3N4O5S/c1-31(29,30)24-6-4-13(5-7-24)17(26)23-10-8-22(9-11-23)15-3-2-14(18(19,20)21)12-16(15)25(27)28/h2-3,12-13H,4-11H2,1H3. The number of piperidine rings is 1. The first kappa shape index (κ1) is 23.3. The van der Waals surface area contributed by atoms with Crippen LogP contribution in [0.25, 0.3) is 0 Å². The zero-order valence-corrected chi connectivity index (χ0v) is 17.7. The number of alkyl halides is 3. The lowest BCUT2D eigenvalue weighted by Gasteiger charge is -2.38. The molecule has 9 nitrogen and oxygen atoms in total. The minimum absolute atomic E-state index is 0.0882. The van der Waals surface area contributed by atoms with Crippen LogP contribution in [0.15, 0.2) is 18.2 Å². The molecule has 0 saturated carbocycles. The average Bonchev–Trinajstić information content (AvgIpc) is 2.71. The molecular formula is C18H23F3N4O5S. The molecule has 2 aliphatic rings. The van der Waals surface area contributed by atoms with E-state index >= 15 is 0 Å². The van der Waals surface area contributed by atoms with Crippen LogP contribution in [0.5, 0.6) is 0 Å². The van der Waals surface area contributed by atoms with E-state index in [9.17, 15) is 36.5 Å². The molecular weight excluding hydrogens is 441 g/mol. The maximum atomic E-state index is 12.9. The molecule has 0 aliphatic carbocycles. The molecule has 31 heavy (non-hydrogen) atoms. The Labute approximate surface area is 177 Å². The van der Waals surface area contributed by atoms with E-state index in [1.54, 1.807) is 9.80 Å². The predicted molar refractivity (Wildman–Crippen MR) is 106 cm³/mol. The van der Waals surface area contributed by atoms with Gasteiger partial charge in [0.1, 0.15) is 5.69 Å². The summed E-state index contributed by atoms with van der Waals surface area (Å²) in [5.74, 6) is -0.375. The number of carbonyl (C=O) groups excluding carboxylic acids is 1. The molecule has 0 unspecified atom stereocenters. The fourth-order valence-corrected chi connectivity index (χ4v) is 4.85. The molecule has 13 heteroatoms. The molecule has 0 spiro atoms. The van der Waals surface area contributed by atoms with Gasteiger partial charge in [-0.25, -0.2) is 12.7 Å². The minimum atomic E-state index is -4.68. The molecule has 0 bridgehead atoms. The lowest BCUT2D eigenvalue weighted by molar-refractivity contribution is -0.384. The van der Waals surface area contributed by atoms with Gasteiger partial charge in [0.05, 0.1) is 16.7 Å². The summed E-state index contributed by atoms with van der Waals surface area (Å²) in [7, 11) is -3.28. The Bertz CT molecular complexity index is 953. The van der Waals surface area contributed by atoms with Crippen molar-refractivity contribution in [3.63, 3.8) is 0 Å². The Hall–Kier alpha value is -2.41. The van der Waals surface area contributed by atoms with Crippen molar-refractivity contribution in [1.82, 2.24) is 9.21 Å². The number of halogens is 3. The number of nitrogens with zero attached hydrogens (tertiary/aromatic N) is 4. The third kappa shape index (κ3) is 5.26.